The Kier molecular flexibility index (Phi) is 4.57. The molecule has 4 saturated carbocycles. The minimum Gasteiger partial charge on any atom is -0.472 e. The number of aliphatic hydroxyl groups is 1. The molecule has 3 heterocycles. The van der Waals surface area contributed by atoms with Crippen molar-refractivity contribution in [3.63, 3.8) is 0 Å². The first-order chi connectivity index (χ1) is 15.0. The molecule has 4 N–H and O–H groups in total. The fraction of sp³-hybridized carbons (Fsp3) is 0.682. The Balaban J connectivity index is 1.25. The zero-order chi connectivity index (χ0) is 21.0. The van der Waals surface area contributed by atoms with Crippen LogP contribution in [0.15, 0.2) is 12.1 Å². The van der Waals surface area contributed by atoms with Crippen molar-refractivity contribution in [3.8, 4) is 5.88 Å². The SMILES string of the molecule is Cc1cc(Nc2cc(OC3CCOC3)nc(NC3C4CC5CC3CC(O)(C5)C4)n2)n[nH]1. The van der Waals surface area contributed by atoms with E-state index >= 15 is 0 Å². The number of anilines is 3. The highest BCUT2D eigenvalue weighted by Gasteiger charge is 2.54. The van der Waals surface area contributed by atoms with Gasteiger partial charge in [0.05, 0.1) is 18.8 Å². The minimum atomic E-state index is -0.451. The Morgan fingerprint density at radius 2 is 2.00 bits per heavy atom. The predicted octanol–water partition coefficient (Wildman–Crippen LogP) is 2.77. The van der Waals surface area contributed by atoms with Crippen LogP contribution in [-0.2, 0) is 4.74 Å². The second kappa shape index (κ2) is 7.34. The lowest BCUT2D eigenvalue weighted by atomic mass is 9.52. The molecule has 5 aliphatic rings. The monoisotopic (exact) mass is 426 g/mol. The third kappa shape index (κ3) is 3.85. The Morgan fingerprint density at radius 3 is 2.68 bits per heavy atom. The minimum absolute atomic E-state index is 0.0126. The van der Waals surface area contributed by atoms with Crippen molar-refractivity contribution in [2.45, 2.75) is 63.2 Å². The molecule has 0 radical (unpaired) electrons. The van der Waals surface area contributed by atoms with E-state index in [4.69, 9.17) is 14.5 Å². The second-order valence-corrected chi connectivity index (χ2v) is 9.94. The van der Waals surface area contributed by atoms with E-state index in [9.17, 15) is 5.11 Å². The van der Waals surface area contributed by atoms with Crippen molar-refractivity contribution in [1.82, 2.24) is 20.2 Å². The topological polar surface area (TPSA) is 117 Å². The van der Waals surface area contributed by atoms with Crippen LogP contribution < -0.4 is 15.4 Å². The van der Waals surface area contributed by atoms with Gasteiger partial charge in [0.2, 0.25) is 11.8 Å². The van der Waals surface area contributed by atoms with Gasteiger partial charge in [-0.25, -0.2) is 0 Å². The zero-order valence-corrected chi connectivity index (χ0v) is 17.8. The molecule has 166 valence electrons. The second-order valence-electron chi connectivity index (χ2n) is 9.94. The molecule has 1 saturated heterocycles. The van der Waals surface area contributed by atoms with Crippen molar-refractivity contribution < 1.29 is 14.6 Å². The van der Waals surface area contributed by atoms with Crippen molar-refractivity contribution >= 4 is 17.6 Å². The lowest BCUT2D eigenvalue weighted by molar-refractivity contribution is -0.129. The van der Waals surface area contributed by atoms with Gasteiger partial charge in [-0.05, 0) is 56.8 Å². The van der Waals surface area contributed by atoms with Crippen LogP contribution in [0.1, 0.15) is 44.2 Å². The fourth-order valence-electron chi connectivity index (χ4n) is 6.37. The molecule has 7 rings (SSSR count). The summed E-state index contributed by atoms with van der Waals surface area (Å²) in [7, 11) is 0. The number of hydrogen-bond acceptors (Lipinski definition) is 8. The summed E-state index contributed by atoms with van der Waals surface area (Å²) in [4.78, 5) is 9.40. The Morgan fingerprint density at radius 1 is 1.16 bits per heavy atom. The van der Waals surface area contributed by atoms with Crippen LogP contribution in [0.4, 0.5) is 17.6 Å². The van der Waals surface area contributed by atoms with Crippen molar-refractivity contribution in [2.24, 2.45) is 17.8 Å². The average Bonchev–Trinajstić information content (AvgIpc) is 3.35. The summed E-state index contributed by atoms with van der Waals surface area (Å²) in [5.41, 5.74) is 0.522. The maximum absolute atomic E-state index is 10.9. The molecular formula is C22H30N6O3. The van der Waals surface area contributed by atoms with Crippen molar-refractivity contribution in [3.05, 3.63) is 17.8 Å². The average molecular weight is 427 g/mol. The molecule has 4 aliphatic carbocycles. The van der Waals surface area contributed by atoms with Crippen LogP contribution in [0.3, 0.4) is 0 Å². The molecule has 0 spiro atoms. The molecule has 4 bridgehead atoms. The first kappa shape index (κ1) is 19.3. The Hall–Kier alpha value is -2.39. The smallest absolute Gasteiger partial charge is 0.228 e. The van der Waals surface area contributed by atoms with Gasteiger partial charge in [-0.3, -0.25) is 5.10 Å². The number of aromatic amines is 1. The predicted molar refractivity (Wildman–Crippen MR) is 114 cm³/mol. The number of nitrogens with zero attached hydrogens (tertiary/aromatic N) is 3. The molecule has 5 fully saturated rings. The van der Waals surface area contributed by atoms with Crippen LogP contribution >= 0.6 is 0 Å². The number of H-pyrrole nitrogens is 1. The number of ether oxygens (including phenoxy) is 2. The summed E-state index contributed by atoms with van der Waals surface area (Å²) in [5.74, 6) is 4.05. The molecule has 31 heavy (non-hydrogen) atoms. The van der Waals surface area contributed by atoms with E-state index in [-0.39, 0.29) is 6.10 Å². The maximum Gasteiger partial charge on any atom is 0.228 e. The lowest BCUT2D eigenvalue weighted by Gasteiger charge is -2.58. The van der Waals surface area contributed by atoms with Gasteiger partial charge in [0, 0.05) is 30.3 Å². The standard InChI is InChI=1S/C22H30N6O3/c1-12-4-18(28-27-12)23-17-7-19(31-16-2-3-30-11-16)25-21(24-17)26-20-14-5-13-6-15(20)10-22(29,8-13)9-14/h4,7,13-16,20,29H,2-3,5-6,8-11H2,1H3,(H3,23,24,25,26,27,28). The number of rotatable bonds is 6. The summed E-state index contributed by atoms with van der Waals surface area (Å²) >= 11 is 0. The highest BCUT2D eigenvalue weighted by molar-refractivity contribution is 5.55. The van der Waals surface area contributed by atoms with Crippen molar-refractivity contribution in [2.75, 3.05) is 23.8 Å². The summed E-state index contributed by atoms with van der Waals surface area (Å²) in [6.45, 7) is 3.26. The number of nitrogens with one attached hydrogen (secondary N) is 3. The molecule has 3 atom stereocenters. The van der Waals surface area contributed by atoms with Gasteiger partial charge in [-0.2, -0.15) is 15.1 Å². The summed E-state index contributed by atoms with van der Waals surface area (Å²) in [5, 5.41) is 25.0. The maximum atomic E-state index is 10.9. The molecule has 1 aliphatic heterocycles. The van der Waals surface area contributed by atoms with Gasteiger partial charge in [0.25, 0.3) is 0 Å². The molecule has 2 aromatic heterocycles. The van der Waals surface area contributed by atoms with E-state index in [0.717, 1.165) is 31.4 Å². The summed E-state index contributed by atoms with van der Waals surface area (Å²) in [6.07, 6.45) is 5.98. The Labute approximate surface area is 181 Å². The third-order valence-corrected chi connectivity index (χ3v) is 7.38. The van der Waals surface area contributed by atoms with Gasteiger partial charge < -0.3 is 25.2 Å². The highest BCUT2D eigenvalue weighted by atomic mass is 16.5. The van der Waals surface area contributed by atoms with Crippen LogP contribution in [0, 0.1) is 24.7 Å². The number of aromatic nitrogens is 4. The summed E-state index contributed by atoms with van der Waals surface area (Å²) in [6, 6.07) is 4.04. The fourth-order valence-corrected chi connectivity index (χ4v) is 6.37. The molecule has 9 heteroatoms. The third-order valence-electron chi connectivity index (χ3n) is 7.38. The van der Waals surface area contributed by atoms with E-state index < -0.39 is 5.60 Å². The Bertz CT molecular complexity index is 942. The van der Waals surface area contributed by atoms with Crippen LogP contribution in [-0.4, -0.2) is 56.2 Å². The van der Waals surface area contributed by atoms with Crippen LogP contribution in [0.25, 0.3) is 0 Å². The molecule has 2 aromatic rings. The quantitative estimate of drug-likeness (QED) is 0.557. The molecule has 0 aromatic carbocycles. The zero-order valence-electron chi connectivity index (χ0n) is 17.8. The van der Waals surface area contributed by atoms with Gasteiger partial charge in [0.15, 0.2) is 5.82 Å². The van der Waals surface area contributed by atoms with E-state index in [1.54, 1.807) is 0 Å². The lowest BCUT2D eigenvalue weighted by Crippen LogP contribution is -2.59. The first-order valence-corrected chi connectivity index (χ1v) is 11.4. The van der Waals surface area contributed by atoms with E-state index in [0.29, 0.717) is 60.5 Å². The summed E-state index contributed by atoms with van der Waals surface area (Å²) < 4.78 is 11.5. The van der Waals surface area contributed by atoms with E-state index in [2.05, 4.69) is 25.8 Å². The molecule has 9 nitrogen and oxygen atoms in total. The largest absolute Gasteiger partial charge is 0.472 e. The molecule has 3 unspecified atom stereocenters. The van der Waals surface area contributed by atoms with Gasteiger partial charge in [-0.15, -0.1) is 0 Å². The van der Waals surface area contributed by atoms with E-state index in [1.165, 1.54) is 12.8 Å². The normalized spacial score (nSPS) is 36.0. The van der Waals surface area contributed by atoms with Crippen molar-refractivity contribution in [1.29, 1.82) is 0 Å². The van der Waals surface area contributed by atoms with Crippen LogP contribution in [0.2, 0.25) is 0 Å². The molecule has 0 amide bonds. The molecular weight excluding hydrogens is 396 g/mol. The van der Waals surface area contributed by atoms with Gasteiger partial charge >= 0.3 is 0 Å². The van der Waals surface area contributed by atoms with E-state index in [1.807, 2.05) is 19.1 Å². The first-order valence-electron chi connectivity index (χ1n) is 11.4. The number of hydrogen-bond donors (Lipinski definition) is 4. The van der Waals surface area contributed by atoms with Gasteiger partial charge in [-0.1, -0.05) is 0 Å². The van der Waals surface area contributed by atoms with Gasteiger partial charge in [0.1, 0.15) is 11.9 Å². The van der Waals surface area contributed by atoms with Crippen LogP contribution in [0.5, 0.6) is 5.88 Å². The highest BCUT2D eigenvalue weighted by Crippen LogP contribution is 2.56. The number of aryl methyl sites for hydroxylation is 1.